The molecule has 0 aliphatic heterocycles. The second kappa shape index (κ2) is 5.97. The minimum atomic E-state index is -0.543. The Kier molecular flexibility index (Phi) is 4.10. The van der Waals surface area contributed by atoms with Crippen LogP contribution in [0, 0.1) is 5.82 Å². The first-order valence-corrected chi connectivity index (χ1v) is 5.72. The zero-order valence-corrected chi connectivity index (χ0v) is 10.1. The van der Waals surface area contributed by atoms with Crippen LogP contribution < -0.4 is 10.8 Å². The van der Waals surface area contributed by atoms with E-state index in [9.17, 15) is 9.18 Å². The quantitative estimate of drug-likeness (QED) is 0.585. The van der Waals surface area contributed by atoms with Crippen molar-refractivity contribution in [1.29, 1.82) is 0 Å². The number of amides is 1. The van der Waals surface area contributed by atoms with Crippen molar-refractivity contribution in [2.45, 2.75) is 6.54 Å². The van der Waals surface area contributed by atoms with Crippen LogP contribution in [0.15, 0.2) is 48.5 Å². The molecule has 5 heteroatoms. The van der Waals surface area contributed by atoms with Gasteiger partial charge in [-0.2, -0.15) is 0 Å². The van der Waals surface area contributed by atoms with Gasteiger partial charge in [0.25, 0.3) is 5.91 Å². The van der Waals surface area contributed by atoms with Gasteiger partial charge in [0, 0.05) is 17.8 Å². The number of carbonyl (C=O) groups excluding carboxylic acids is 1. The molecule has 2 aromatic rings. The highest BCUT2D eigenvalue weighted by molar-refractivity contribution is 5.93. The van der Waals surface area contributed by atoms with Gasteiger partial charge in [0.1, 0.15) is 5.82 Å². The summed E-state index contributed by atoms with van der Waals surface area (Å²) in [7, 11) is 0. The van der Waals surface area contributed by atoms with Crippen LogP contribution >= 0.6 is 0 Å². The lowest BCUT2D eigenvalue weighted by atomic mass is 10.1. The fraction of sp³-hybridized carbons (Fsp3) is 0.0714. The lowest BCUT2D eigenvalue weighted by Gasteiger charge is -2.07. The summed E-state index contributed by atoms with van der Waals surface area (Å²) in [6.07, 6.45) is 0. The summed E-state index contributed by atoms with van der Waals surface area (Å²) in [4.78, 5) is 11.1. The largest absolute Gasteiger partial charge is 0.381 e. The molecular weight excluding hydrogens is 247 g/mol. The summed E-state index contributed by atoms with van der Waals surface area (Å²) in [5.74, 6) is -0.817. The van der Waals surface area contributed by atoms with E-state index in [1.54, 1.807) is 41.9 Å². The molecule has 0 fully saturated rings. The fourth-order valence-electron chi connectivity index (χ4n) is 1.61. The molecule has 2 rings (SSSR count). The zero-order chi connectivity index (χ0) is 13.7. The molecule has 98 valence electrons. The lowest BCUT2D eigenvalue weighted by molar-refractivity contribution is 0.0706. The Morgan fingerprint density at radius 2 is 1.68 bits per heavy atom. The Balaban J connectivity index is 1.96. The molecule has 4 nitrogen and oxygen atoms in total. The third-order valence-electron chi connectivity index (χ3n) is 2.66. The van der Waals surface area contributed by atoms with E-state index in [0.717, 1.165) is 11.3 Å². The van der Waals surface area contributed by atoms with Crippen LogP contribution in [0.2, 0.25) is 0 Å². The van der Waals surface area contributed by atoms with Crippen LogP contribution in [0.5, 0.6) is 0 Å². The molecule has 2 aromatic carbocycles. The molecule has 0 atom stereocenters. The van der Waals surface area contributed by atoms with E-state index in [4.69, 9.17) is 5.21 Å². The molecule has 0 heterocycles. The maximum Gasteiger partial charge on any atom is 0.274 e. The standard InChI is InChI=1S/C14H13FN2O2/c15-12-5-7-13(8-6-12)16-9-10-1-3-11(4-2-10)14(18)17-19/h1-8,16,19H,9H2,(H,17,18). The van der Waals surface area contributed by atoms with E-state index in [1.165, 1.54) is 12.1 Å². The van der Waals surface area contributed by atoms with Crippen LogP contribution in [0.25, 0.3) is 0 Å². The third kappa shape index (κ3) is 3.53. The number of carbonyl (C=O) groups is 1. The second-order valence-corrected chi connectivity index (χ2v) is 4.00. The number of halogens is 1. The molecule has 1 amide bonds. The molecule has 0 saturated heterocycles. The van der Waals surface area contributed by atoms with E-state index < -0.39 is 5.91 Å². The summed E-state index contributed by atoms with van der Waals surface area (Å²) in [5.41, 5.74) is 3.75. The summed E-state index contributed by atoms with van der Waals surface area (Å²) < 4.78 is 12.7. The van der Waals surface area contributed by atoms with Gasteiger partial charge in [-0.15, -0.1) is 0 Å². The number of rotatable bonds is 4. The molecule has 0 aliphatic rings. The van der Waals surface area contributed by atoms with Gasteiger partial charge < -0.3 is 5.32 Å². The van der Waals surface area contributed by atoms with Crippen LogP contribution in [0.3, 0.4) is 0 Å². The monoisotopic (exact) mass is 260 g/mol. The van der Waals surface area contributed by atoms with E-state index in [-0.39, 0.29) is 5.82 Å². The first-order chi connectivity index (χ1) is 9.19. The van der Waals surface area contributed by atoms with Crippen molar-refractivity contribution in [3.05, 3.63) is 65.5 Å². The van der Waals surface area contributed by atoms with Gasteiger partial charge in [-0.3, -0.25) is 10.0 Å². The maximum absolute atomic E-state index is 12.7. The predicted octanol–water partition coefficient (Wildman–Crippen LogP) is 2.56. The molecule has 3 N–H and O–H groups in total. The van der Waals surface area contributed by atoms with E-state index in [0.29, 0.717) is 12.1 Å². The van der Waals surface area contributed by atoms with Gasteiger partial charge in [-0.25, -0.2) is 9.87 Å². The molecular formula is C14H13FN2O2. The van der Waals surface area contributed by atoms with Crippen molar-refractivity contribution >= 4 is 11.6 Å². The van der Waals surface area contributed by atoms with Gasteiger partial charge in [-0.05, 0) is 42.0 Å². The fourth-order valence-corrected chi connectivity index (χ4v) is 1.61. The predicted molar refractivity (Wildman–Crippen MR) is 69.4 cm³/mol. The van der Waals surface area contributed by atoms with Crippen LogP contribution in [0.1, 0.15) is 15.9 Å². The first-order valence-electron chi connectivity index (χ1n) is 5.72. The van der Waals surface area contributed by atoms with Crippen molar-refractivity contribution in [1.82, 2.24) is 5.48 Å². The Morgan fingerprint density at radius 3 is 2.26 bits per heavy atom. The Morgan fingerprint density at radius 1 is 1.05 bits per heavy atom. The number of hydrogen-bond donors (Lipinski definition) is 3. The molecule has 0 aromatic heterocycles. The molecule has 0 unspecified atom stereocenters. The average molecular weight is 260 g/mol. The highest BCUT2D eigenvalue weighted by atomic mass is 19.1. The minimum absolute atomic E-state index is 0.273. The molecule has 0 saturated carbocycles. The molecule has 0 bridgehead atoms. The smallest absolute Gasteiger partial charge is 0.274 e. The van der Waals surface area contributed by atoms with Crippen molar-refractivity contribution in [3.63, 3.8) is 0 Å². The second-order valence-electron chi connectivity index (χ2n) is 4.00. The van der Waals surface area contributed by atoms with Crippen molar-refractivity contribution in [2.75, 3.05) is 5.32 Å². The maximum atomic E-state index is 12.7. The Labute approximate surface area is 109 Å². The number of hydroxylamine groups is 1. The summed E-state index contributed by atoms with van der Waals surface area (Å²) >= 11 is 0. The summed E-state index contributed by atoms with van der Waals surface area (Å²) in [6.45, 7) is 0.562. The van der Waals surface area contributed by atoms with Crippen LogP contribution in [-0.2, 0) is 6.54 Å². The lowest BCUT2D eigenvalue weighted by Crippen LogP contribution is -2.18. The number of anilines is 1. The average Bonchev–Trinajstić information content (AvgIpc) is 2.46. The van der Waals surface area contributed by atoms with Crippen LogP contribution in [0.4, 0.5) is 10.1 Å². The topological polar surface area (TPSA) is 61.4 Å². The van der Waals surface area contributed by atoms with Gasteiger partial charge >= 0.3 is 0 Å². The first kappa shape index (κ1) is 13.0. The number of nitrogens with one attached hydrogen (secondary N) is 2. The van der Waals surface area contributed by atoms with E-state index in [1.807, 2.05) is 0 Å². The van der Waals surface area contributed by atoms with Gasteiger partial charge in [0.05, 0.1) is 0 Å². The molecule has 19 heavy (non-hydrogen) atoms. The Hall–Kier alpha value is -2.40. The highest BCUT2D eigenvalue weighted by Crippen LogP contribution is 2.11. The SMILES string of the molecule is O=C(NO)c1ccc(CNc2ccc(F)cc2)cc1. The molecule has 0 aliphatic carbocycles. The van der Waals surface area contributed by atoms with Crippen molar-refractivity contribution < 1.29 is 14.4 Å². The minimum Gasteiger partial charge on any atom is -0.381 e. The van der Waals surface area contributed by atoms with Gasteiger partial charge in [-0.1, -0.05) is 12.1 Å². The van der Waals surface area contributed by atoms with Gasteiger partial charge in [0.2, 0.25) is 0 Å². The molecule has 0 radical (unpaired) electrons. The normalized spacial score (nSPS) is 10.0. The Bertz CT molecular complexity index is 553. The van der Waals surface area contributed by atoms with E-state index in [2.05, 4.69) is 5.32 Å². The zero-order valence-electron chi connectivity index (χ0n) is 10.1. The van der Waals surface area contributed by atoms with E-state index >= 15 is 0 Å². The number of hydrogen-bond acceptors (Lipinski definition) is 3. The number of benzene rings is 2. The highest BCUT2D eigenvalue weighted by Gasteiger charge is 2.03. The molecule has 0 spiro atoms. The van der Waals surface area contributed by atoms with Crippen molar-refractivity contribution in [3.8, 4) is 0 Å². The van der Waals surface area contributed by atoms with Crippen LogP contribution in [-0.4, -0.2) is 11.1 Å². The summed E-state index contributed by atoms with van der Waals surface area (Å²) in [5, 5.41) is 11.6. The third-order valence-corrected chi connectivity index (χ3v) is 2.66. The summed E-state index contributed by atoms with van der Waals surface area (Å²) in [6, 6.07) is 12.9. The van der Waals surface area contributed by atoms with Gasteiger partial charge in [0.15, 0.2) is 0 Å². The van der Waals surface area contributed by atoms with Crippen molar-refractivity contribution in [2.24, 2.45) is 0 Å².